The van der Waals surface area contributed by atoms with E-state index in [1.807, 2.05) is 0 Å². The second kappa shape index (κ2) is 6.60. The second-order valence-corrected chi connectivity index (χ2v) is 6.04. The molecule has 7 nitrogen and oxygen atoms in total. The third-order valence-corrected chi connectivity index (χ3v) is 2.88. The van der Waals surface area contributed by atoms with E-state index in [0.717, 1.165) is 6.08 Å². The van der Waals surface area contributed by atoms with Crippen molar-refractivity contribution in [3.63, 3.8) is 0 Å². The highest BCUT2D eigenvalue weighted by atomic mass is 16.6. The topological polar surface area (TPSA) is 79.0 Å². The zero-order valence-corrected chi connectivity index (χ0v) is 13.0. The van der Waals surface area contributed by atoms with Crippen LogP contribution in [-0.4, -0.2) is 66.0 Å². The number of hydrogen-bond donors (Lipinski definition) is 1. The minimum Gasteiger partial charge on any atom is -0.444 e. The average molecular weight is 297 g/mol. The molecule has 0 spiro atoms. The van der Waals surface area contributed by atoms with E-state index in [4.69, 9.17) is 4.74 Å². The van der Waals surface area contributed by atoms with E-state index in [9.17, 15) is 14.4 Å². The van der Waals surface area contributed by atoms with Gasteiger partial charge in [-0.05, 0) is 26.8 Å². The van der Waals surface area contributed by atoms with Crippen molar-refractivity contribution in [1.29, 1.82) is 0 Å². The molecule has 3 amide bonds. The summed E-state index contributed by atoms with van der Waals surface area (Å²) in [6.45, 7) is 9.58. The Labute approximate surface area is 124 Å². The lowest BCUT2D eigenvalue weighted by Crippen LogP contribution is -2.62. The monoisotopic (exact) mass is 297 g/mol. The lowest BCUT2D eigenvalue weighted by atomic mass is 10.1. The molecule has 118 valence electrons. The van der Waals surface area contributed by atoms with Gasteiger partial charge in [0.15, 0.2) is 0 Å². The van der Waals surface area contributed by atoms with Crippen molar-refractivity contribution in [1.82, 2.24) is 15.1 Å². The molecule has 0 aromatic rings. The first kappa shape index (κ1) is 17.0. The highest BCUT2D eigenvalue weighted by Crippen LogP contribution is 2.11. The number of hydrogen-bond acceptors (Lipinski definition) is 4. The summed E-state index contributed by atoms with van der Waals surface area (Å²) in [4.78, 5) is 37.6. The fourth-order valence-electron chi connectivity index (χ4n) is 1.78. The van der Waals surface area contributed by atoms with Gasteiger partial charge in [0.25, 0.3) is 0 Å². The first-order valence-corrected chi connectivity index (χ1v) is 6.77. The van der Waals surface area contributed by atoms with Gasteiger partial charge in [0.2, 0.25) is 11.8 Å². The van der Waals surface area contributed by atoms with Crippen LogP contribution in [0.15, 0.2) is 12.7 Å². The quantitative estimate of drug-likeness (QED) is 0.760. The summed E-state index contributed by atoms with van der Waals surface area (Å²) in [5.74, 6) is -0.456. The van der Waals surface area contributed by atoms with Crippen molar-refractivity contribution in [2.75, 3.05) is 26.7 Å². The average Bonchev–Trinajstić information content (AvgIpc) is 2.29. The van der Waals surface area contributed by atoms with Crippen molar-refractivity contribution < 1.29 is 19.1 Å². The molecule has 0 unspecified atom stereocenters. The lowest BCUT2D eigenvalue weighted by molar-refractivity contribution is -0.140. The minimum absolute atomic E-state index is 0.00398. The largest absolute Gasteiger partial charge is 0.444 e. The molecule has 7 heteroatoms. The van der Waals surface area contributed by atoms with E-state index in [1.165, 1.54) is 11.9 Å². The molecule has 1 aliphatic rings. The molecule has 0 aromatic carbocycles. The minimum atomic E-state index is -0.545. The summed E-state index contributed by atoms with van der Waals surface area (Å²) >= 11 is 0. The standard InChI is InChI=1S/C14H23N3O4/c1-6-11(18)16(5)9-12(19)17-7-10(8-17)15-13(20)21-14(2,3)4/h6,10H,1,7-9H2,2-5H3,(H,15,20). The van der Waals surface area contributed by atoms with E-state index in [-0.39, 0.29) is 24.4 Å². The van der Waals surface area contributed by atoms with Gasteiger partial charge in [-0.2, -0.15) is 0 Å². The number of carbonyl (C=O) groups is 3. The zero-order valence-electron chi connectivity index (χ0n) is 13.0. The molecule has 1 fully saturated rings. The van der Waals surface area contributed by atoms with Gasteiger partial charge in [-0.1, -0.05) is 6.58 Å². The van der Waals surface area contributed by atoms with Gasteiger partial charge in [-0.3, -0.25) is 9.59 Å². The lowest BCUT2D eigenvalue weighted by Gasteiger charge is -2.40. The Kier molecular flexibility index (Phi) is 5.34. The molecule has 0 saturated carbocycles. The number of nitrogens with zero attached hydrogens (tertiary/aromatic N) is 2. The predicted molar refractivity (Wildman–Crippen MR) is 77.6 cm³/mol. The van der Waals surface area contributed by atoms with Gasteiger partial charge in [0.1, 0.15) is 5.60 Å². The molecular formula is C14H23N3O4. The van der Waals surface area contributed by atoms with E-state index in [2.05, 4.69) is 11.9 Å². The number of ether oxygens (including phenoxy) is 1. The van der Waals surface area contributed by atoms with E-state index in [1.54, 1.807) is 25.7 Å². The molecule has 0 atom stereocenters. The first-order chi connectivity index (χ1) is 9.62. The third kappa shape index (κ3) is 5.45. The van der Waals surface area contributed by atoms with Crippen LogP contribution in [0.25, 0.3) is 0 Å². The first-order valence-electron chi connectivity index (χ1n) is 6.77. The van der Waals surface area contributed by atoms with E-state index in [0.29, 0.717) is 13.1 Å². The molecule has 1 rings (SSSR count). The summed E-state index contributed by atoms with van der Waals surface area (Å²) < 4.78 is 5.13. The number of likely N-dealkylation sites (N-methyl/N-ethyl adjacent to an activating group) is 1. The Balaban J connectivity index is 2.30. The number of amides is 3. The Hall–Kier alpha value is -2.05. The molecule has 1 N–H and O–H groups in total. The van der Waals surface area contributed by atoms with E-state index >= 15 is 0 Å². The van der Waals surface area contributed by atoms with Crippen LogP contribution >= 0.6 is 0 Å². The van der Waals surface area contributed by atoms with Crippen LogP contribution in [0.4, 0.5) is 4.79 Å². The van der Waals surface area contributed by atoms with Crippen LogP contribution in [-0.2, 0) is 14.3 Å². The number of alkyl carbamates (subject to hydrolysis) is 1. The van der Waals surface area contributed by atoms with Crippen molar-refractivity contribution >= 4 is 17.9 Å². The highest BCUT2D eigenvalue weighted by Gasteiger charge is 2.33. The molecule has 0 bridgehead atoms. The van der Waals surface area contributed by atoms with Crippen LogP contribution in [0.1, 0.15) is 20.8 Å². The predicted octanol–water partition coefficient (Wildman–Crippen LogP) is 0.366. The number of likely N-dealkylation sites (tertiary alicyclic amines) is 1. The zero-order chi connectivity index (χ0) is 16.2. The SMILES string of the molecule is C=CC(=O)N(C)CC(=O)N1CC(NC(=O)OC(C)(C)C)C1. The van der Waals surface area contributed by atoms with Gasteiger partial charge in [-0.25, -0.2) is 4.79 Å². The molecular weight excluding hydrogens is 274 g/mol. The highest BCUT2D eigenvalue weighted by molar-refractivity contribution is 5.90. The van der Waals surface area contributed by atoms with Gasteiger partial charge in [0, 0.05) is 20.1 Å². The van der Waals surface area contributed by atoms with Crippen LogP contribution in [0.5, 0.6) is 0 Å². The van der Waals surface area contributed by atoms with Crippen LogP contribution in [0.2, 0.25) is 0 Å². The summed E-state index contributed by atoms with van der Waals surface area (Å²) in [6, 6.07) is -0.107. The third-order valence-electron chi connectivity index (χ3n) is 2.88. The summed E-state index contributed by atoms with van der Waals surface area (Å²) in [5.41, 5.74) is -0.545. The van der Waals surface area contributed by atoms with Crippen LogP contribution < -0.4 is 5.32 Å². The Morgan fingerprint density at radius 2 is 1.95 bits per heavy atom. The molecule has 1 aliphatic heterocycles. The van der Waals surface area contributed by atoms with Gasteiger partial charge in [0.05, 0.1) is 12.6 Å². The van der Waals surface area contributed by atoms with E-state index < -0.39 is 11.7 Å². The van der Waals surface area contributed by atoms with Crippen LogP contribution in [0, 0.1) is 0 Å². The Morgan fingerprint density at radius 3 is 2.43 bits per heavy atom. The summed E-state index contributed by atoms with van der Waals surface area (Å²) in [5, 5.41) is 2.69. The molecule has 1 saturated heterocycles. The Morgan fingerprint density at radius 1 is 1.38 bits per heavy atom. The normalized spacial score (nSPS) is 15.0. The van der Waals surface area contributed by atoms with Crippen molar-refractivity contribution in [2.45, 2.75) is 32.4 Å². The van der Waals surface area contributed by atoms with Crippen LogP contribution in [0.3, 0.4) is 0 Å². The van der Waals surface area contributed by atoms with Gasteiger partial charge in [-0.15, -0.1) is 0 Å². The maximum atomic E-state index is 11.9. The summed E-state index contributed by atoms with van der Waals surface area (Å²) in [7, 11) is 1.54. The molecule has 1 heterocycles. The fourth-order valence-corrected chi connectivity index (χ4v) is 1.78. The van der Waals surface area contributed by atoms with Gasteiger partial charge >= 0.3 is 6.09 Å². The van der Waals surface area contributed by atoms with Gasteiger partial charge < -0.3 is 19.9 Å². The molecule has 0 aliphatic carbocycles. The smallest absolute Gasteiger partial charge is 0.407 e. The summed E-state index contributed by atoms with van der Waals surface area (Å²) in [6.07, 6.45) is 0.675. The number of rotatable bonds is 4. The second-order valence-electron chi connectivity index (χ2n) is 6.04. The maximum Gasteiger partial charge on any atom is 0.407 e. The molecule has 0 aromatic heterocycles. The number of carbonyl (C=O) groups excluding carboxylic acids is 3. The number of nitrogens with one attached hydrogen (secondary N) is 1. The molecule has 21 heavy (non-hydrogen) atoms. The van der Waals surface area contributed by atoms with Crippen molar-refractivity contribution in [3.8, 4) is 0 Å². The molecule has 0 radical (unpaired) electrons. The maximum absolute atomic E-state index is 11.9. The van der Waals surface area contributed by atoms with Crippen molar-refractivity contribution in [3.05, 3.63) is 12.7 Å². The fraction of sp³-hybridized carbons (Fsp3) is 0.643. The Bertz CT molecular complexity index is 436. The van der Waals surface area contributed by atoms with Crippen molar-refractivity contribution in [2.24, 2.45) is 0 Å².